The Balaban J connectivity index is 3.82. The van der Waals surface area contributed by atoms with Crippen LogP contribution < -0.4 is 5.73 Å². The van der Waals surface area contributed by atoms with Gasteiger partial charge in [-0.1, -0.05) is 20.3 Å². The number of Topliss-reactive ketones (excluding diaryl/α,β-unsaturated/α-hetero) is 1. The molecule has 0 saturated heterocycles. The number of rotatable bonds is 9. The number of carbonyl (C=O) groups is 1. The molecule has 0 aromatic rings. The molecule has 0 aliphatic heterocycles. The fourth-order valence-corrected chi connectivity index (χ4v) is 2.32. The third-order valence-corrected chi connectivity index (χ3v) is 4.57. The fraction of sp³-hybridized carbons (Fsp3) is 0.909. The fourth-order valence-electron chi connectivity index (χ4n) is 1.45. The zero-order valence-electron chi connectivity index (χ0n) is 10.2. The highest BCUT2D eigenvalue weighted by atomic mass is 32.2. The van der Waals surface area contributed by atoms with Crippen molar-refractivity contribution in [1.29, 1.82) is 0 Å². The summed E-state index contributed by atoms with van der Waals surface area (Å²) in [6, 6.07) is 0. The molecule has 0 heterocycles. The van der Waals surface area contributed by atoms with Crippen molar-refractivity contribution in [3.8, 4) is 0 Å². The first-order chi connectivity index (χ1) is 7.45. The Labute approximate surface area is 98.5 Å². The van der Waals surface area contributed by atoms with Crippen LogP contribution in [0.5, 0.6) is 0 Å². The van der Waals surface area contributed by atoms with Gasteiger partial charge in [0, 0.05) is 18.6 Å². The number of nitrogens with two attached hydrogens (primary N) is 1. The van der Waals surface area contributed by atoms with Gasteiger partial charge in [0.05, 0.1) is 5.75 Å². The lowest BCUT2D eigenvalue weighted by atomic mass is 9.98. The predicted octanol–water partition coefficient (Wildman–Crippen LogP) is 1.15. The van der Waals surface area contributed by atoms with Crippen molar-refractivity contribution in [2.24, 2.45) is 11.7 Å². The molecule has 0 aliphatic rings. The van der Waals surface area contributed by atoms with Gasteiger partial charge in [-0.15, -0.1) is 0 Å². The number of ketones is 1. The Morgan fingerprint density at radius 3 is 2.38 bits per heavy atom. The van der Waals surface area contributed by atoms with Gasteiger partial charge in [0.25, 0.3) is 0 Å². The highest BCUT2D eigenvalue weighted by Gasteiger charge is 2.12. The Hall–Kier alpha value is -0.420. The molecule has 0 radical (unpaired) electrons. The van der Waals surface area contributed by atoms with Crippen LogP contribution in [0.3, 0.4) is 0 Å². The van der Waals surface area contributed by atoms with E-state index in [4.69, 9.17) is 5.73 Å². The van der Waals surface area contributed by atoms with Crippen LogP contribution in [0, 0.1) is 5.92 Å². The molecule has 4 nitrogen and oxygen atoms in total. The number of hydrogen-bond acceptors (Lipinski definition) is 4. The van der Waals surface area contributed by atoms with E-state index in [1.165, 1.54) is 0 Å². The molecule has 0 rings (SSSR count). The molecule has 2 N–H and O–H groups in total. The molecule has 5 heteroatoms. The van der Waals surface area contributed by atoms with Crippen LogP contribution in [0.2, 0.25) is 0 Å². The average molecular weight is 249 g/mol. The molecule has 0 fully saturated rings. The average Bonchev–Trinajstić information content (AvgIpc) is 2.25. The second kappa shape index (κ2) is 7.79. The number of sulfone groups is 1. The molecule has 0 amide bonds. The summed E-state index contributed by atoms with van der Waals surface area (Å²) >= 11 is 0. The van der Waals surface area contributed by atoms with E-state index < -0.39 is 9.84 Å². The summed E-state index contributed by atoms with van der Waals surface area (Å²) in [5.74, 6) is 0.648. The summed E-state index contributed by atoms with van der Waals surface area (Å²) in [6.07, 6.45) is 2.18. The summed E-state index contributed by atoms with van der Waals surface area (Å²) in [4.78, 5) is 11.5. The van der Waals surface area contributed by atoms with E-state index in [0.717, 1.165) is 6.42 Å². The molecule has 1 unspecified atom stereocenters. The number of carbonyl (C=O) groups excluding carboxylic acids is 1. The van der Waals surface area contributed by atoms with Gasteiger partial charge >= 0.3 is 0 Å². The third-order valence-electron chi connectivity index (χ3n) is 2.78. The Kier molecular flexibility index (Phi) is 7.58. The quantitative estimate of drug-likeness (QED) is 0.665. The summed E-state index contributed by atoms with van der Waals surface area (Å²) in [5.41, 5.74) is 5.50. The third kappa shape index (κ3) is 6.95. The predicted molar refractivity (Wildman–Crippen MR) is 66.0 cm³/mol. The highest BCUT2D eigenvalue weighted by molar-refractivity contribution is 7.91. The van der Waals surface area contributed by atoms with E-state index >= 15 is 0 Å². The first kappa shape index (κ1) is 15.6. The van der Waals surface area contributed by atoms with Gasteiger partial charge in [-0.2, -0.15) is 0 Å². The SMILES string of the molecule is CCC(CN)CC(=O)CCCS(=O)(=O)CC. The lowest BCUT2D eigenvalue weighted by molar-refractivity contribution is -0.119. The van der Waals surface area contributed by atoms with E-state index in [0.29, 0.717) is 25.8 Å². The molecule has 0 spiro atoms. The molecule has 0 aromatic carbocycles. The van der Waals surface area contributed by atoms with Crippen LogP contribution >= 0.6 is 0 Å². The van der Waals surface area contributed by atoms with Crippen LogP contribution in [0.25, 0.3) is 0 Å². The minimum Gasteiger partial charge on any atom is -0.330 e. The van der Waals surface area contributed by atoms with Crippen molar-refractivity contribution in [3.63, 3.8) is 0 Å². The van der Waals surface area contributed by atoms with E-state index in [1.54, 1.807) is 6.92 Å². The van der Waals surface area contributed by atoms with Crippen LogP contribution in [-0.4, -0.2) is 32.3 Å². The first-order valence-corrected chi connectivity index (χ1v) is 7.69. The van der Waals surface area contributed by atoms with Crippen LogP contribution in [0.15, 0.2) is 0 Å². The lowest BCUT2D eigenvalue weighted by Crippen LogP contribution is -2.18. The maximum Gasteiger partial charge on any atom is 0.150 e. The number of hydrogen-bond donors (Lipinski definition) is 1. The molecule has 16 heavy (non-hydrogen) atoms. The molecule has 96 valence electrons. The van der Waals surface area contributed by atoms with Gasteiger partial charge in [0.2, 0.25) is 0 Å². The van der Waals surface area contributed by atoms with Crippen molar-refractivity contribution in [3.05, 3.63) is 0 Å². The molecule has 0 saturated carbocycles. The normalized spacial score (nSPS) is 13.7. The molecular weight excluding hydrogens is 226 g/mol. The maximum absolute atomic E-state index is 11.5. The maximum atomic E-state index is 11.5. The molecule has 0 aromatic heterocycles. The van der Waals surface area contributed by atoms with Crippen molar-refractivity contribution < 1.29 is 13.2 Å². The van der Waals surface area contributed by atoms with Gasteiger partial charge < -0.3 is 5.73 Å². The summed E-state index contributed by atoms with van der Waals surface area (Å²) in [5, 5.41) is 0. The van der Waals surface area contributed by atoms with E-state index in [1.807, 2.05) is 6.92 Å². The van der Waals surface area contributed by atoms with Crippen molar-refractivity contribution >= 4 is 15.6 Å². The second-order valence-corrected chi connectivity index (χ2v) is 6.57. The van der Waals surface area contributed by atoms with Crippen molar-refractivity contribution in [2.75, 3.05) is 18.1 Å². The van der Waals surface area contributed by atoms with Crippen molar-refractivity contribution in [1.82, 2.24) is 0 Å². The van der Waals surface area contributed by atoms with Crippen LogP contribution in [0.4, 0.5) is 0 Å². The summed E-state index contributed by atoms with van der Waals surface area (Å²) in [6.45, 7) is 4.15. The second-order valence-electron chi connectivity index (χ2n) is 4.09. The van der Waals surface area contributed by atoms with Gasteiger partial charge in [0.15, 0.2) is 0 Å². The Bertz CT molecular complexity index is 294. The van der Waals surface area contributed by atoms with Gasteiger partial charge in [0.1, 0.15) is 15.6 Å². The monoisotopic (exact) mass is 249 g/mol. The van der Waals surface area contributed by atoms with Gasteiger partial charge in [-0.3, -0.25) is 4.79 Å². The molecular formula is C11H23NO3S. The summed E-state index contributed by atoms with van der Waals surface area (Å²) < 4.78 is 22.4. The van der Waals surface area contributed by atoms with Crippen LogP contribution in [0.1, 0.15) is 39.5 Å². The van der Waals surface area contributed by atoms with Gasteiger partial charge in [-0.05, 0) is 18.9 Å². The van der Waals surface area contributed by atoms with Gasteiger partial charge in [-0.25, -0.2) is 8.42 Å². The lowest BCUT2D eigenvalue weighted by Gasteiger charge is -2.10. The van der Waals surface area contributed by atoms with E-state index in [9.17, 15) is 13.2 Å². The molecule has 0 bridgehead atoms. The standard InChI is InChI=1S/C11H23NO3S/c1-3-10(9-12)8-11(13)6-5-7-16(14,15)4-2/h10H,3-9,12H2,1-2H3. The largest absolute Gasteiger partial charge is 0.330 e. The topological polar surface area (TPSA) is 77.2 Å². The smallest absolute Gasteiger partial charge is 0.150 e. The first-order valence-electron chi connectivity index (χ1n) is 5.87. The van der Waals surface area contributed by atoms with E-state index in [-0.39, 0.29) is 23.2 Å². The highest BCUT2D eigenvalue weighted by Crippen LogP contribution is 2.09. The van der Waals surface area contributed by atoms with E-state index in [2.05, 4.69) is 0 Å². The van der Waals surface area contributed by atoms with Crippen LogP contribution in [-0.2, 0) is 14.6 Å². The Morgan fingerprint density at radius 1 is 1.31 bits per heavy atom. The molecule has 1 atom stereocenters. The minimum atomic E-state index is -2.93. The molecule has 0 aliphatic carbocycles. The van der Waals surface area contributed by atoms with Crippen molar-refractivity contribution in [2.45, 2.75) is 39.5 Å². The Morgan fingerprint density at radius 2 is 1.94 bits per heavy atom. The zero-order valence-corrected chi connectivity index (χ0v) is 11.1. The zero-order chi connectivity index (χ0) is 12.6. The minimum absolute atomic E-state index is 0.120. The summed E-state index contributed by atoms with van der Waals surface area (Å²) in [7, 11) is -2.93.